The van der Waals surface area contributed by atoms with E-state index in [4.69, 9.17) is 15.0 Å². The van der Waals surface area contributed by atoms with Crippen LogP contribution >= 0.6 is 0 Å². The van der Waals surface area contributed by atoms with Gasteiger partial charge in [-0.2, -0.15) is 0 Å². The molecule has 4 nitrogen and oxygen atoms in total. The number of hydrogen-bond donors (Lipinski definition) is 0. The molecule has 0 aliphatic rings. The second-order valence-electron chi connectivity index (χ2n) is 10.3. The molecule has 0 aliphatic carbocycles. The van der Waals surface area contributed by atoms with Crippen molar-refractivity contribution in [2.24, 2.45) is 0 Å². The minimum Gasteiger partial charge on any atom is -0.254 e. The smallest absolute Gasteiger partial charge is 0.160 e. The van der Waals surface area contributed by atoms with Crippen LogP contribution in [0.4, 0.5) is 0 Å². The van der Waals surface area contributed by atoms with Crippen LogP contribution in [0.5, 0.6) is 0 Å². The third-order valence-corrected chi connectivity index (χ3v) is 7.72. The molecular weight excluding hydrogens is 512 g/mol. The van der Waals surface area contributed by atoms with E-state index in [1.807, 2.05) is 48.7 Å². The van der Waals surface area contributed by atoms with Gasteiger partial charge in [0.2, 0.25) is 0 Å². The largest absolute Gasteiger partial charge is 0.254 e. The summed E-state index contributed by atoms with van der Waals surface area (Å²) in [6, 6.07) is 48.0. The summed E-state index contributed by atoms with van der Waals surface area (Å²) in [4.78, 5) is 19.6. The van der Waals surface area contributed by atoms with Gasteiger partial charge in [0.05, 0.1) is 27.9 Å². The Labute approximate surface area is 243 Å². The van der Waals surface area contributed by atoms with E-state index in [0.29, 0.717) is 0 Å². The molecular formula is C38H24N4. The van der Waals surface area contributed by atoms with Gasteiger partial charge in [-0.1, -0.05) is 115 Å². The molecule has 0 bridgehead atoms. The van der Waals surface area contributed by atoms with Crippen LogP contribution in [0.3, 0.4) is 0 Å². The van der Waals surface area contributed by atoms with Crippen LogP contribution in [0.25, 0.3) is 77.7 Å². The van der Waals surface area contributed by atoms with E-state index in [-0.39, 0.29) is 0 Å². The molecule has 0 unspecified atom stereocenters. The molecule has 5 aromatic carbocycles. The zero-order chi connectivity index (χ0) is 27.9. The second-order valence-corrected chi connectivity index (χ2v) is 10.3. The Balaban J connectivity index is 1.20. The van der Waals surface area contributed by atoms with Crippen molar-refractivity contribution < 1.29 is 0 Å². The minimum atomic E-state index is 0.721. The van der Waals surface area contributed by atoms with E-state index in [9.17, 15) is 0 Å². The van der Waals surface area contributed by atoms with Gasteiger partial charge in [-0.3, -0.25) is 4.98 Å². The van der Waals surface area contributed by atoms with E-state index in [2.05, 4.69) is 102 Å². The molecule has 8 aromatic rings. The van der Waals surface area contributed by atoms with Gasteiger partial charge >= 0.3 is 0 Å². The Morgan fingerprint density at radius 3 is 1.86 bits per heavy atom. The molecule has 4 heteroatoms. The number of hydrogen-bond acceptors (Lipinski definition) is 4. The third-order valence-electron chi connectivity index (χ3n) is 7.72. The Morgan fingerprint density at radius 1 is 0.405 bits per heavy atom. The van der Waals surface area contributed by atoms with Crippen molar-refractivity contribution in [3.8, 4) is 45.0 Å². The lowest BCUT2D eigenvalue weighted by Crippen LogP contribution is -1.95. The molecule has 196 valence electrons. The summed E-state index contributed by atoms with van der Waals surface area (Å²) in [6.45, 7) is 0. The first-order chi connectivity index (χ1) is 20.8. The van der Waals surface area contributed by atoms with Crippen molar-refractivity contribution in [2.75, 3.05) is 0 Å². The lowest BCUT2D eigenvalue weighted by atomic mass is 9.99. The highest BCUT2D eigenvalue weighted by atomic mass is 14.9. The maximum Gasteiger partial charge on any atom is 0.160 e. The molecule has 0 saturated carbocycles. The Hall–Kier alpha value is -5.74. The fourth-order valence-electron chi connectivity index (χ4n) is 5.56. The number of nitrogens with zero attached hydrogens (tertiary/aromatic N) is 4. The van der Waals surface area contributed by atoms with E-state index in [1.54, 1.807) is 0 Å². The second kappa shape index (κ2) is 10.0. The van der Waals surface area contributed by atoms with E-state index >= 15 is 0 Å². The van der Waals surface area contributed by atoms with Crippen molar-refractivity contribution in [1.82, 2.24) is 19.9 Å². The lowest BCUT2D eigenvalue weighted by Gasteiger charge is -2.11. The van der Waals surface area contributed by atoms with Crippen LogP contribution in [-0.2, 0) is 0 Å². The normalized spacial score (nSPS) is 11.3. The predicted molar refractivity (Wildman–Crippen MR) is 172 cm³/mol. The number of rotatable bonds is 4. The molecule has 8 rings (SSSR count). The van der Waals surface area contributed by atoms with Gasteiger partial charge in [0.15, 0.2) is 5.82 Å². The predicted octanol–water partition coefficient (Wildman–Crippen LogP) is 9.39. The zero-order valence-electron chi connectivity index (χ0n) is 22.6. The minimum absolute atomic E-state index is 0.721. The summed E-state index contributed by atoms with van der Waals surface area (Å²) in [5, 5.41) is 3.21. The highest BCUT2D eigenvalue weighted by Gasteiger charge is 2.13. The number of aromatic nitrogens is 4. The third kappa shape index (κ3) is 4.27. The summed E-state index contributed by atoms with van der Waals surface area (Å²) in [7, 11) is 0. The van der Waals surface area contributed by atoms with Crippen molar-refractivity contribution >= 4 is 32.7 Å². The molecule has 0 fully saturated rings. The zero-order valence-corrected chi connectivity index (χ0v) is 22.6. The summed E-state index contributed by atoms with van der Waals surface area (Å²) < 4.78 is 0. The average Bonchev–Trinajstić information content (AvgIpc) is 3.08. The number of benzene rings is 5. The molecule has 0 atom stereocenters. The molecule has 0 saturated heterocycles. The first-order valence-electron chi connectivity index (χ1n) is 14.0. The van der Waals surface area contributed by atoms with Crippen LogP contribution in [-0.4, -0.2) is 19.9 Å². The molecule has 0 radical (unpaired) electrons. The van der Waals surface area contributed by atoms with E-state index in [1.165, 1.54) is 0 Å². The van der Waals surface area contributed by atoms with Crippen molar-refractivity contribution in [1.29, 1.82) is 0 Å². The average molecular weight is 537 g/mol. The van der Waals surface area contributed by atoms with Crippen molar-refractivity contribution in [3.63, 3.8) is 0 Å². The Morgan fingerprint density at radius 2 is 1.07 bits per heavy atom. The van der Waals surface area contributed by atoms with Gasteiger partial charge in [-0.15, -0.1) is 0 Å². The van der Waals surface area contributed by atoms with Gasteiger partial charge in [-0.25, -0.2) is 15.0 Å². The Bertz CT molecular complexity index is 2230. The molecule has 0 amide bonds. The SMILES string of the molecule is c1ccc(-c2nc(-c3ccccc3)c3ccc(-c4ccc(-c5ccc6ccc7cccnc7c6n5)cc4)cc3n2)cc1. The molecule has 42 heavy (non-hydrogen) atoms. The first kappa shape index (κ1) is 24.1. The molecule has 3 heterocycles. The van der Waals surface area contributed by atoms with E-state index in [0.717, 1.165) is 77.7 Å². The van der Waals surface area contributed by atoms with Crippen LogP contribution in [0.1, 0.15) is 0 Å². The maximum atomic E-state index is 5.01. The first-order valence-corrected chi connectivity index (χ1v) is 14.0. The van der Waals surface area contributed by atoms with Gasteiger partial charge in [0, 0.05) is 39.0 Å². The van der Waals surface area contributed by atoms with E-state index < -0.39 is 0 Å². The quantitative estimate of drug-likeness (QED) is 0.210. The van der Waals surface area contributed by atoms with Crippen LogP contribution in [0.2, 0.25) is 0 Å². The fraction of sp³-hybridized carbons (Fsp3) is 0. The Kier molecular flexibility index (Phi) is 5.75. The standard InChI is InChI=1S/C38H24N4/c1-3-8-27(9-4-1)35-32-21-19-31(24-34(32)41-38(42-35)30-10-5-2-6-11-30)25-13-15-26(16-14-25)33-22-20-29-18-17-28-12-7-23-39-36(28)37(29)40-33/h1-24H. The highest BCUT2D eigenvalue weighted by Crippen LogP contribution is 2.33. The van der Waals surface area contributed by atoms with Gasteiger partial charge < -0.3 is 0 Å². The van der Waals surface area contributed by atoms with Crippen LogP contribution in [0, 0.1) is 0 Å². The monoisotopic (exact) mass is 536 g/mol. The molecule has 3 aromatic heterocycles. The molecule has 0 aliphatic heterocycles. The topological polar surface area (TPSA) is 51.6 Å². The van der Waals surface area contributed by atoms with Crippen LogP contribution in [0.15, 0.2) is 146 Å². The maximum absolute atomic E-state index is 5.01. The fourth-order valence-corrected chi connectivity index (χ4v) is 5.56. The van der Waals surface area contributed by atoms with Crippen molar-refractivity contribution in [2.45, 2.75) is 0 Å². The molecule has 0 spiro atoms. The molecule has 0 N–H and O–H groups in total. The summed E-state index contributed by atoms with van der Waals surface area (Å²) in [6.07, 6.45) is 1.82. The summed E-state index contributed by atoms with van der Waals surface area (Å²) in [5.74, 6) is 0.721. The highest BCUT2D eigenvalue weighted by molar-refractivity contribution is 6.03. The number of fused-ring (bicyclic) bond motifs is 4. The van der Waals surface area contributed by atoms with Crippen molar-refractivity contribution in [3.05, 3.63) is 146 Å². The number of pyridine rings is 2. The van der Waals surface area contributed by atoms with Gasteiger partial charge in [0.25, 0.3) is 0 Å². The summed E-state index contributed by atoms with van der Waals surface area (Å²) >= 11 is 0. The van der Waals surface area contributed by atoms with Gasteiger partial charge in [-0.05, 0) is 35.4 Å². The van der Waals surface area contributed by atoms with Crippen LogP contribution < -0.4 is 0 Å². The summed E-state index contributed by atoms with van der Waals surface area (Å²) in [5.41, 5.74) is 9.99. The van der Waals surface area contributed by atoms with Gasteiger partial charge in [0.1, 0.15) is 0 Å². The lowest BCUT2D eigenvalue weighted by molar-refractivity contribution is 1.23.